The van der Waals surface area contributed by atoms with E-state index < -0.39 is 0 Å². The van der Waals surface area contributed by atoms with Crippen molar-refractivity contribution in [3.63, 3.8) is 0 Å². The number of fused-ring (bicyclic) bond motifs is 1. The number of ether oxygens (including phenoxy) is 1. The first-order chi connectivity index (χ1) is 10.1. The molecule has 0 fully saturated rings. The van der Waals surface area contributed by atoms with Crippen molar-refractivity contribution in [2.24, 2.45) is 5.73 Å². The van der Waals surface area contributed by atoms with Crippen molar-refractivity contribution in [1.29, 1.82) is 0 Å². The molecule has 21 heavy (non-hydrogen) atoms. The molecule has 3 rings (SSSR count). The number of nitrogens with zero attached hydrogens (tertiary/aromatic N) is 2. The Balaban J connectivity index is 1.76. The summed E-state index contributed by atoms with van der Waals surface area (Å²) in [6.45, 7) is 7.76. The minimum Gasteiger partial charge on any atom is -0.488 e. The number of hydrogen-bond donors (Lipinski definition) is 1. The molecule has 0 aliphatic carbocycles. The van der Waals surface area contributed by atoms with Crippen LogP contribution in [0.4, 0.5) is 0 Å². The number of hydrogen-bond acceptors (Lipinski definition) is 3. The van der Waals surface area contributed by atoms with Crippen LogP contribution in [0.15, 0.2) is 18.2 Å². The van der Waals surface area contributed by atoms with Crippen LogP contribution in [0.1, 0.15) is 28.1 Å². The highest BCUT2D eigenvalue weighted by Crippen LogP contribution is 2.30. The van der Waals surface area contributed by atoms with E-state index in [9.17, 15) is 0 Å². The van der Waals surface area contributed by atoms with Gasteiger partial charge >= 0.3 is 0 Å². The van der Waals surface area contributed by atoms with E-state index in [1.54, 1.807) is 0 Å². The molecule has 2 N–H and O–H groups in total. The Morgan fingerprint density at radius 2 is 2.14 bits per heavy atom. The predicted octanol–water partition coefficient (Wildman–Crippen LogP) is 2.31. The lowest BCUT2D eigenvalue weighted by atomic mass is 10.1. The zero-order chi connectivity index (χ0) is 15.0. The molecule has 2 heterocycles. The van der Waals surface area contributed by atoms with Gasteiger partial charge in [-0.05, 0) is 50.9 Å². The lowest BCUT2D eigenvalue weighted by Crippen LogP contribution is -2.22. The molecule has 112 valence electrons. The molecular weight excluding hydrogens is 262 g/mol. The molecule has 1 atom stereocenters. The van der Waals surface area contributed by atoms with Crippen LogP contribution < -0.4 is 10.5 Å². The second kappa shape index (κ2) is 5.53. The van der Waals surface area contributed by atoms with E-state index in [0.29, 0.717) is 6.54 Å². The van der Waals surface area contributed by atoms with Gasteiger partial charge in [-0.25, -0.2) is 0 Å². The highest BCUT2D eigenvalue weighted by Gasteiger charge is 2.24. The van der Waals surface area contributed by atoms with Crippen LogP contribution in [0, 0.1) is 20.8 Å². The second-order valence-electron chi connectivity index (χ2n) is 5.93. The maximum Gasteiger partial charge on any atom is 0.123 e. The minimum atomic E-state index is 0.172. The summed E-state index contributed by atoms with van der Waals surface area (Å²) in [6.07, 6.45) is 2.02. The topological polar surface area (TPSA) is 53.1 Å². The number of aromatic nitrogens is 2. The molecule has 0 spiro atoms. The summed E-state index contributed by atoms with van der Waals surface area (Å²) >= 11 is 0. The highest BCUT2D eigenvalue weighted by molar-refractivity contribution is 5.40. The third kappa shape index (κ3) is 2.68. The lowest BCUT2D eigenvalue weighted by Gasteiger charge is -2.12. The van der Waals surface area contributed by atoms with Crippen LogP contribution in [-0.2, 0) is 19.4 Å². The summed E-state index contributed by atoms with van der Waals surface area (Å²) in [4.78, 5) is 0. The van der Waals surface area contributed by atoms with E-state index >= 15 is 0 Å². The van der Waals surface area contributed by atoms with E-state index in [1.807, 2.05) is 0 Å². The van der Waals surface area contributed by atoms with Crippen molar-refractivity contribution in [1.82, 2.24) is 9.78 Å². The molecule has 0 amide bonds. The van der Waals surface area contributed by atoms with Crippen LogP contribution in [-0.4, -0.2) is 22.4 Å². The average molecular weight is 285 g/mol. The minimum absolute atomic E-state index is 0.172. The van der Waals surface area contributed by atoms with Gasteiger partial charge in [-0.15, -0.1) is 0 Å². The van der Waals surface area contributed by atoms with Crippen LogP contribution in [0.2, 0.25) is 0 Å². The molecule has 1 unspecified atom stereocenters. The summed E-state index contributed by atoms with van der Waals surface area (Å²) in [6, 6.07) is 6.39. The van der Waals surface area contributed by atoms with Crippen molar-refractivity contribution >= 4 is 0 Å². The van der Waals surface area contributed by atoms with Gasteiger partial charge in [-0.2, -0.15) is 5.10 Å². The van der Waals surface area contributed by atoms with Gasteiger partial charge in [0.1, 0.15) is 11.9 Å². The third-order valence-corrected chi connectivity index (χ3v) is 4.26. The fraction of sp³-hybridized carbons (Fsp3) is 0.471. The van der Waals surface area contributed by atoms with Crippen LogP contribution in [0.3, 0.4) is 0 Å². The van der Waals surface area contributed by atoms with Crippen molar-refractivity contribution < 1.29 is 4.74 Å². The highest BCUT2D eigenvalue weighted by atomic mass is 16.5. The number of benzene rings is 1. The van der Waals surface area contributed by atoms with Gasteiger partial charge in [-0.1, -0.05) is 17.7 Å². The van der Waals surface area contributed by atoms with Crippen molar-refractivity contribution in [2.75, 3.05) is 6.54 Å². The molecule has 4 heteroatoms. The van der Waals surface area contributed by atoms with E-state index in [0.717, 1.165) is 30.8 Å². The Hall–Kier alpha value is -1.81. The van der Waals surface area contributed by atoms with Gasteiger partial charge in [0.05, 0.1) is 12.2 Å². The molecule has 1 aliphatic rings. The van der Waals surface area contributed by atoms with Crippen molar-refractivity contribution in [3.8, 4) is 5.75 Å². The predicted molar refractivity (Wildman–Crippen MR) is 83.8 cm³/mol. The van der Waals surface area contributed by atoms with E-state index in [2.05, 4.69) is 48.8 Å². The maximum absolute atomic E-state index is 6.04. The van der Waals surface area contributed by atoms with Crippen LogP contribution >= 0.6 is 0 Å². The molecule has 0 bridgehead atoms. The Kier molecular flexibility index (Phi) is 3.72. The average Bonchev–Trinajstić information content (AvgIpc) is 2.94. The summed E-state index contributed by atoms with van der Waals surface area (Å²) in [5, 5.41) is 4.65. The van der Waals surface area contributed by atoms with Gasteiger partial charge in [0.15, 0.2) is 0 Å². The molecule has 0 saturated carbocycles. The first-order valence-corrected chi connectivity index (χ1v) is 7.57. The van der Waals surface area contributed by atoms with Crippen LogP contribution in [0.25, 0.3) is 0 Å². The molecular formula is C17H23N3O. The van der Waals surface area contributed by atoms with Gasteiger partial charge in [-0.3, -0.25) is 4.68 Å². The standard InChI is InChI=1S/C17H23N3O/c1-11-4-5-17-14(8-11)9-15(21-17)10-20-13(3)16(6-7-18)12(2)19-20/h4-5,8,15H,6-7,9-10,18H2,1-3H3. The smallest absolute Gasteiger partial charge is 0.123 e. The normalized spacial score (nSPS) is 16.9. The molecule has 0 radical (unpaired) electrons. The molecule has 2 aromatic rings. The zero-order valence-corrected chi connectivity index (χ0v) is 13.0. The molecule has 4 nitrogen and oxygen atoms in total. The van der Waals surface area contributed by atoms with Crippen LogP contribution in [0.5, 0.6) is 5.75 Å². The Morgan fingerprint density at radius 3 is 2.90 bits per heavy atom. The molecule has 1 aliphatic heterocycles. The fourth-order valence-electron chi connectivity index (χ4n) is 3.16. The van der Waals surface area contributed by atoms with Crippen molar-refractivity contribution in [3.05, 3.63) is 46.3 Å². The molecule has 1 aromatic carbocycles. The van der Waals surface area contributed by atoms with E-state index in [-0.39, 0.29) is 6.10 Å². The van der Waals surface area contributed by atoms with Gasteiger partial charge in [0.25, 0.3) is 0 Å². The SMILES string of the molecule is Cc1ccc2c(c1)CC(Cn1nc(C)c(CCN)c1C)O2. The number of aryl methyl sites for hydroxylation is 2. The monoisotopic (exact) mass is 285 g/mol. The Morgan fingerprint density at radius 1 is 1.33 bits per heavy atom. The van der Waals surface area contributed by atoms with Gasteiger partial charge in [0, 0.05) is 12.1 Å². The van der Waals surface area contributed by atoms with Crippen molar-refractivity contribution in [2.45, 2.75) is 46.3 Å². The number of rotatable bonds is 4. The zero-order valence-electron chi connectivity index (χ0n) is 13.0. The van der Waals surface area contributed by atoms with Gasteiger partial charge in [0.2, 0.25) is 0 Å². The third-order valence-electron chi connectivity index (χ3n) is 4.26. The summed E-state index contributed by atoms with van der Waals surface area (Å²) in [5.74, 6) is 1.02. The lowest BCUT2D eigenvalue weighted by molar-refractivity contribution is 0.202. The first kappa shape index (κ1) is 14.1. The Labute approximate surface area is 125 Å². The van der Waals surface area contributed by atoms with E-state index in [1.165, 1.54) is 22.4 Å². The summed E-state index contributed by atoms with van der Waals surface area (Å²) in [5.41, 5.74) is 11.9. The largest absolute Gasteiger partial charge is 0.488 e. The second-order valence-corrected chi connectivity index (χ2v) is 5.93. The Bertz CT molecular complexity index is 660. The number of nitrogens with two attached hydrogens (primary N) is 1. The van der Waals surface area contributed by atoms with Gasteiger partial charge < -0.3 is 10.5 Å². The molecule has 0 saturated heterocycles. The quantitative estimate of drug-likeness (QED) is 0.938. The fourth-order valence-corrected chi connectivity index (χ4v) is 3.16. The summed E-state index contributed by atoms with van der Waals surface area (Å²) < 4.78 is 8.12. The molecule has 1 aromatic heterocycles. The first-order valence-electron chi connectivity index (χ1n) is 7.57. The summed E-state index contributed by atoms with van der Waals surface area (Å²) in [7, 11) is 0. The maximum atomic E-state index is 6.04. The van der Waals surface area contributed by atoms with E-state index in [4.69, 9.17) is 10.5 Å².